The fraction of sp³-hybridized carbons (Fsp3) is 0.227. The number of imidazole rings is 1. The molecule has 142 valence electrons. The van der Waals surface area contributed by atoms with E-state index >= 15 is 0 Å². The summed E-state index contributed by atoms with van der Waals surface area (Å²) in [4.78, 5) is 15.0. The Morgan fingerprint density at radius 1 is 1.00 bits per heavy atom. The Morgan fingerprint density at radius 2 is 1.83 bits per heavy atom. The molecule has 1 aliphatic rings. The van der Waals surface area contributed by atoms with Crippen LogP contribution in [-0.2, 0) is 0 Å². The molecule has 0 saturated heterocycles. The Morgan fingerprint density at radius 3 is 2.55 bits per heavy atom. The first-order valence-corrected chi connectivity index (χ1v) is 9.44. The number of benzene rings is 1. The molecular weight excluding hydrogens is 376 g/mol. The minimum absolute atomic E-state index is 0. The summed E-state index contributed by atoms with van der Waals surface area (Å²) in [7, 11) is 0. The fourth-order valence-corrected chi connectivity index (χ4v) is 3.34. The van der Waals surface area contributed by atoms with Gasteiger partial charge in [-0.15, -0.1) is 0 Å². The number of nitrogens with one attached hydrogen (secondary N) is 2. The van der Waals surface area contributed by atoms with Crippen molar-refractivity contribution in [1.82, 2.24) is 19.9 Å². The second-order valence-electron chi connectivity index (χ2n) is 6.76. The molecule has 3 heterocycles. The topological polar surface area (TPSA) is 66.5 Å². The summed E-state index contributed by atoms with van der Waals surface area (Å²) in [5.74, 6) is 0.674. The van der Waals surface area contributed by atoms with Crippen molar-refractivity contribution >= 4 is 17.0 Å². The predicted octanol–water partition coefficient (Wildman–Crippen LogP) is 2.00. The summed E-state index contributed by atoms with van der Waals surface area (Å²) in [5, 5.41) is 3.43. The molecule has 0 bridgehead atoms. The molecule has 1 fully saturated rings. The summed E-state index contributed by atoms with van der Waals surface area (Å²) < 4.78 is 13.7. The summed E-state index contributed by atoms with van der Waals surface area (Å²) in [6.45, 7) is 0. The molecule has 2 N–H and O–H groups in total. The van der Waals surface area contributed by atoms with Crippen molar-refractivity contribution in [1.29, 1.82) is 0 Å². The monoisotopic (exact) mass is 397 g/mol. The number of aromatic nitrogens is 4. The number of aromatic amines is 1. The Bertz CT molecular complexity index is 999. The van der Waals surface area contributed by atoms with E-state index in [1.165, 1.54) is 31.7 Å². The number of halogens is 1. The van der Waals surface area contributed by atoms with Gasteiger partial charge >= 0.3 is 29.6 Å². The van der Waals surface area contributed by atoms with Crippen molar-refractivity contribution in [2.45, 2.75) is 31.7 Å². The molecule has 0 atom stereocenters. The van der Waals surface area contributed by atoms with E-state index in [1.54, 1.807) is 24.5 Å². The normalized spacial score (nSPS) is 13.4. The summed E-state index contributed by atoms with van der Waals surface area (Å²) in [6.07, 6.45) is 11.1. The number of nitrogens with zero attached hydrogens (tertiary/aromatic N) is 3. The third-order valence-corrected chi connectivity index (χ3v) is 4.79. The third-order valence-electron chi connectivity index (χ3n) is 4.79. The van der Waals surface area contributed by atoms with Crippen molar-refractivity contribution in [2.75, 3.05) is 5.32 Å². The van der Waals surface area contributed by atoms with Gasteiger partial charge in [-0.2, -0.15) is 0 Å². The van der Waals surface area contributed by atoms with E-state index in [0.717, 1.165) is 22.5 Å². The van der Waals surface area contributed by atoms with Gasteiger partial charge in [0.15, 0.2) is 0 Å². The van der Waals surface area contributed by atoms with Crippen molar-refractivity contribution in [3.05, 3.63) is 73.1 Å². The second-order valence-corrected chi connectivity index (χ2v) is 6.76. The largest absolute Gasteiger partial charge is 1.00 e. The van der Waals surface area contributed by atoms with Gasteiger partial charge in [0.2, 0.25) is 0 Å². The van der Waals surface area contributed by atoms with Crippen LogP contribution in [0.3, 0.4) is 0 Å². The van der Waals surface area contributed by atoms with Crippen LogP contribution in [0.4, 0.5) is 10.2 Å². The number of hydrogen-bond acceptors (Lipinski definition) is 4. The van der Waals surface area contributed by atoms with Crippen LogP contribution in [0.2, 0.25) is 0 Å². The van der Waals surface area contributed by atoms with E-state index in [9.17, 15) is 4.39 Å². The Kier molecular flexibility index (Phi) is 7.75. The van der Waals surface area contributed by atoms with Crippen molar-refractivity contribution < 1.29 is 33.9 Å². The molecule has 29 heavy (non-hydrogen) atoms. The average molecular weight is 397 g/mol. The van der Waals surface area contributed by atoms with Crippen molar-refractivity contribution in [3.63, 3.8) is 0 Å². The van der Waals surface area contributed by atoms with E-state index in [2.05, 4.69) is 31.6 Å². The van der Waals surface area contributed by atoms with Gasteiger partial charge in [-0.25, -0.2) is 9.37 Å². The van der Waals surface area contributed by atoms with Crippen LogP contribution in [0.15, 0.2) is 60.9 Å². The quantitative estimate of drug-likeness (QED) is 0.410. The van der Waals surface area contributed by atoms with Crippen molar-refractivity contribution in [2.24, 2.45) is 0 Å². The molecule has 4 aromatic rings. The van der Waals surface area contributed by atoms with Gasteiger partial charge < -0.3 is 20.3 Å². The fourth-order valence-electron chi connectivity index (χ4n) is 3.34. The van der Waals surface area contributed by atoms with Crippen LogP contribution in [0, 0.1) is 12.1 Å². The van der Waals surface area contributed by atoms with E-state index < -0.39 is 0 Å². The number of hydrogen-bond donors (Lipinski definition) is 2. The van der Waals surface area contributed by atoms with Gasteiger partial charge in [0.1, 0.15) is 11.6 Å². The van der Waals surface area contributed by atoms with E-state index in [1.807, 2.05) is 30.3 Å². The molecule has 3 aromatic heterocycles. The minimum Gasteiger partial charge on any atom is -0.446 e. The van der Waals surface area contributed by atoms with Crippen LogP contribution in [0.5, 0.6) is 0 Å². The summed E-state index contributed by atoms with van der Waals surface area (Å²) in [5.41, 5.74) is 3.06. The maximum atomic E-state index is 13.7. The Hall–Kier alpha value is -2.28. The van der Waals surface area contributed by atoms with Gasteiger partial charge in [-0.05, 0) is 37.4 Å². The average Bonchev–Trinajstić information content (AvgIpc) is 3.41. The van der Waals surface area contributed by atoms with E-state index in [0.29, 0.717) is 11.6 Å². The number of pyridine rings is 2. The minimum atomic E-state index is -0.208. The molecule has 1 saturated carbocycles. The van der Waals surface area contributed by atoms with Gasteiger partial charge in [0.25, 0.3) is 0 Å². The molecule has 0 unspecified atom stereocenters. The first-order valence-electron chi connectivity index (χ1n) is 9.44. The molecule has 5 nitrogen and oxygen atoms in total. The van der Waals surface area contributed by atoms with Crippen LogP contribution in [0.1, 0.15) is 25.7 Å². The van der Waals surface area contributed by atoms with E-state index in [-0.39, 0.29) is 35.4 Å². The third kappa shape index (κ3) is 5.63. The van der Waals surface area contributed by atoms with E-state index in [4.69, 9.17) is 0 Å². The maximum absolute atomic E-state index is 13.7. The van der Waals surface area contributed by atoms with Crippen LogP contribution < -0.4 is 34.9 Å². The predicted molar refractivity (Wildman–Crippen MR) is 108 cm³/mol. The van der Waals surface area contributed by atoms with Gasteiger partial charge in [-0.3, -0.25) is 0 Å². The van der Waals surface area contributed by atoms with Gasteiger partial charge in [-0.1, -0.05) is 48.7 Å². The van der Waals surface area contributed by atoms with Gasteiger partial charge in [0.05, 0.1) is 0 Å². The molecule has 1 aromatic carbocycles. The first kappa shape index (κ1) is 21.4. The number of rotatable bonds is 3. The van der Waals surface area contributed by atoms with Crippen LogP contribution >= 0.6 is 0 Å². The van der Waals surface area contributed by atoms with Crippen LogP contribution in [0.25, 0.3) is 22.3 Å². The number of anilines is 1. The zero-order chi connectivity index (χ0) is 19.2. The molecule has 0 amide bonds. The molecule has 0 radical (unpaired) electrons. The molecule has 5 rings (SSSR count). The van der Waals surface area contributed by atoms with Gasteiger partial charge in [0, 0.05) is 35.2 Å². The maximum Gasteiger partial charge on any atom is 1.00 e. The zero-order valence-electron chi connectivity index (χ0n) is 16.4. The zero-order valence-corrected chi connectivity index (χ0v) is 18.4. The summed E-state index contributed by atoms with van der Waals surface area (Å²) in [6, 6.07) is 14.9. The van der Waals surface area contributed by atoms with Crippen LogP contribution in [-0.4, -0.2) is 26.0 Å². The van der Waals surface area contributed by atoms with Crippen molar-refractivity contribution in [3.8, 4) is 11.1 Å². The second kappa shape index (κ2) is 10.5. The SMILES string of the molecule is Fc1ccccc1-c1ccc(NC2CCCC2)nc1.[Na+].[c-]1nc2cccnc2[nH]1. The Balaban J connectivity index is 0.000000201. The molecular formula is C22H21FN5Na. The number of H-pyrrole nitrogens is 1. The first-order chi connectivity index (χ1) is 13.8. The molecule has 1 aliphatic carbocycles. The molecule has 0 spiro atoms. The molecule has 0 aliphatic heterocycles. The standard InChI is InChI=1S/C16H17FN2.C6H4N3.Na/c17-15-8-4-3-7-14(15)12-9-10-16(18-11-12)19-13-5-1-2-6-13;1-2-5-6(7-3-1)9-4-8-5;/h3-4,7-11,13H,1-2,5-6H2,(H,18,19);1-3H,(H,7,8,9);/q;-1;+1. The number of fused-ring (bicyclic) bond motifs is 1. The molecule has 7 heteroatoms. The summed E-state index contributed by atoms with van der Waals surface area (Å²) >= 11 is 0. The smallest absolute Gasteiger partial charge is 0.446 e. The Labute approximate surface area is 191 Å².